The maximum atomic E-state index is 11.9. The van der Waals surface area contributed by atoms with Gasteiger partial charge in [0.05, 0.1) is 7.11 Å². The van der Waals surface area contributed by atoms with Crippen molar-refractivity contribution in [2.45, 2.75) is 32.4 Å². The van der Waals surface area contributed by atoms with Gasteiger partial charge in [0.2, 0.25) is 5.90 Å². The molecule has 0 bridgehead atoms. The number of methoxy groups -OCH3 is 1. The van der Waals surface area contributed by atoms with Crippen molar-refractivity contribution in [3.05, 3.63) is 23.8 Å². The Bertz CT molecular complexity index is 617. The number of carbonyl (C=O) groups excluding carboxylic acids is 1. The van der Waals surface area contributed by atoms with Gasteiger partial charge in [-0.15, -0.1) is 0 Å². The molecule has 1 aromatic rings. The molecular weight excluding hydrogens is 312 g/mol. The Labute approximate surface area is 141 Å². The van der Waals surface area contributed by atoms with Crippen molar-refractivity contribution in [1.29, 1.82) is 0 Å². The van der Waals surface area contributed by atoms with Gasteiger partial charge in [-0.1, -0.05) is 20.3 Å². The van der Waals surface area contributed by atoms with Gasteiger partial charge in [0.25, 0.3) is 0 Å². The van der Waals surface area contributed by atoms with Crippen molar-refractivity contribution in [2.24, 2.45) is 16.6 Å². The molecule has 0 saturated heterocycles. The van der Waals surface area contributed by atoms with Crippen LogP contribution >= 0.6 is 0 Å². The predicted molar refractivity (Wildman–Crippen MR) is 89.3 cm³/mol. The number of phenols is 1. The monoisotopic (exact) mass is 336 g/mol. The van der Waals surface area contributed by atoms with Gasteiger partial charge in [0.1, 0.15) is 25.3 Å². The van der Waals surface area contributed by atoms with Crippen LogP contribution in [0, 0.1) is 5.92 Å². The van der Waals surface area contributed by atoms with E-state index in [-0.39, 0.29) is 24.3 Å². The smallest absolute Gasteiger partial charge is 0.323 e. The third-order valence-corrected chi connectivity index (χ3v) is 4.09. The highest BCUT2D eigenvalue weighted by Crippen LogP contribution is 2.27. The van der Waals surface area contributed by atoms with Crippen LogP contribution in [0.4, 0.5) is 0 Å². The average Bonchev–Trinajstić information content (AvgIpc) is 3.07. The number of aliphatic imine (C=N–C) groups is 1. The number of carbonyl (C=O) groups is 1. The van der Waals surface area contributed by atoms with Crippen LogP contribution in [0.5, 0.6) is 11.5 Å². The first kappa shape index (κ1) is 18.1. The molecule has 24 heavy (non-hydrogen) atoms. The van der Waals surface area contributed by atoms with Gasteiger partial charge in [-0.3, -0.25) is 4.79 Å². The second-order valence-corrected chi connectivity index (χ2v) is 5.83. The Kier molecular flexibility index (Phi) is 6.03. The molecule has 0 aliphatic carbocycles. The third kappa shape index (κ3) is 4.17. The van der Waals surface area contributed by atoms with Gasteiger partial charge < -0.3 is 25.1 Å². The van der Waals surface area contributed by atoms with Crippen LogP contribution in [0.15, 0.2) is 23.2 Å². The topological polar surface area (TPSA) is 103 Å². The quantitative estimate of drug-likeness (QED) is 0.731. The molecule has 1 heterocycles. The van der Waals surface area contributed by atoms with E-state index in [1.807, 2.05) is 13.8 Å². The van der Waals surface area contributed by atoms with Gasteiger partial charge >= 0.3 is 5.97 Å². The van der Waals surface area contributed by atoms with E-state index in [4.69, 9.17) is 19.9 Å². The van der Waals surface area contributed by atoms with E-state index in [0.29, 0.717) is 23.8 Å². The van der Waals surface area contributed by atoms with Crippen molar-refractivity contribution in [1.82, 2.24) is 0 Å². The molecule has 0 saturated carbocycles. The van der Waals surface area contributed by atoms with Crippen LogP contribution in [0.3, 0.4) is 0 Å². The van der Waals surface area contributed by atoms with Crippen LogP contribution in [-0.4, -0.2) is 49.4 Å². The lowest BCUT2D eigenvalue weighted by atomic mass is 10.0. The molecule has 1 aromatic carbocycles. The molecule has 1 aliphatic heterocycles. The molecule has 0 radical (unpaired) electrons. The van der Waals surface area contributed by atoms with Gasteiger partial charge in [0, 0.05) is 5.56 Å². The Morgan fingerprint density at radius 3 is 2.96 bits per heavy atom. The number of phenolic OH excluding ortho intramolecular Hbond substituents is 1. The molecule has 2 rings (SSSR count). The largest absolute Gasteiger partial charge is 0.504 e. The van der Waals surface area contributed by atoms with Crippen molar-refractivity contribution in [2.75, 3.05) is 20.3 Å². The minimum Gasteiger partial charge on any atom is -0.504 e. The van der Waals surface area contributed by atoms with E-state index in [2.05, 4.69) is 4.99 Å². The standard InChI is InChI=1S/C17H24N2O5/c1-4-10(2)15(18)17(21)24-9-12-8-23-16(19-12)11-5-6-13(20)14(7-11)22-3/h5-7,10,12,15,20H,4,8-9,18H2,1-3H3/t10-,12+,15-/m0/s1. The maximum Gasteiger partial charge on any atom is 0.323 e. The maximum absolute atomic E-state index is 11.9. The van der Waals surface area contributed by atoms with Gasteiger partial charge in [-0.2, -0.15) is 0 Å². The number of esters is 1. The SMILES string of the molecule is CC[C@H](C)[C@H](N)C(=O)OC[C@H]1COC(c2ccc(O)c(OC)c2)=N1. The minimum atomic E-state index is -0.623. The zero-order chi connectivity index (χ0) is 17.7. The van der Waals surface area contributed by atoms with E-state index < -0.39 is 12.0 Å². The van der Waals surface area contributed by atoms with Crippen molar-refractivity contribution >= 4 is 11.9 Å². The molecule has 0 unspecified atom stereocenters. The summed E-state index contributed by atoms with van der Waals surface area (Å²) in [5.74, 6) is 0.471. The highest BCUT2D eigenvalue weighted by Gasteiger charge is 2.25. The lowest BCUT2D eigenvalue weighted by molar-refractivity contribution is -0.147. The summed E-state index contributed by atoms with van der Waals surface area (Å²) in [6.45, 7) is 4.34. The number of hydrogen-bond acceptors (Lipinski definition) is 7. The summed E-state index contributed by atoms with van der Waals surface area (Å²) in [5.41, 5.74) is 6.53. The first-order valence-corrected chi connectivity index (χ1v) is 7.96. The number of nitrogens with zero attached hydrogens (tertiary/aromatic N) is 1. The molecule has 3 N–H and O–H groups in total. The average molecular weight is 336 g/mol. The van der Waals surface area contributed by atoms with E-state index in [1.165, 1.54) is 13.2 Å². The van der Waals surface area contributed by atoms with E-state index in [0.717, 1.165) is 6.42 Å². The highest BCUT2D eigenvalue weighted by atomic mass is 16.5. The molecule has 132 valence electrons. The number of benzene rings is 1. The van der Waals surface area contributed by atoms with Gasteiger partial charge in [0.15, 0.2) is 11.5 Å². The number of nitrogens with two attached hydrogens (primary N) is 1. The third-order valence-electron chi connectivity index (χ3n) is 4.09. The molecular formula is C17H24N2O5. The predicted octanol–water partition coefficient (Wildman–Crippen LogP) is 1.46. The van der Waals surface area contributed by atoms with Crippen LogP contribution in [0.2, 0.25) is 0 Å². The van der Waals surface area contributed by atoms with E-state index in [9.17, 15) is 9.90 Å². The summed E-state index contributed by atoms with van der Waals surface area (Å²) >= 11 is 0. The van der Waals surface area contributed by atoms with Crippen LogP contribution in [0.1, 0.15) is 25.8 Å². The Hall–Kier alpha value is -2.28. The normalized spacial score (nSPS) is 19.2. The minimum absolute atomic E-state index is 0.0457. The molecule has 0 spiro atoms. The first-order valence-electron chi connectivity index (χ1n) is 7.96. The van der Waals surface area contributed by atoms with Gasteiger partial charge in [-0.05, 0) is 24.1 Å². The zero-order valence-corrected chi connectivity index (χ0v) is 14.2. The van der Waals surface area contributed by atoms with Crippen molar-refractivity contribution < 1.29 is 24.1 Å². The highest BCUT2D eigenvalue weighted by molar-refractivity contribution is 5.95. The number of rotatable bonds is 7. The molecule has 7 nitrogen and oxygen atoms in total. The summed E-state index contributed by atoms with van der Waals surface area (Å²) in [6.07, 6.45) is 0.813. The van der Waals surface area contributed by atoms with Gasteiger partial charge in [-0.25, -0.2) is 4.99 Å². The molecule has 0 fully saturated rings. The summed E-state index contributed by atoms with van der Waals surface area (Å²) < 4.78 is 15.9. The Morgan fingerprint density at radius 1 is 1.54 bits per heavy atom. The molecule has 3 atom stereocenters. The fraction of sp³-hybridized carbons (Fsp3) is 0.529. The summed E-state index contributed by atoms with van der Waals surface area (Å²) in [6, 6.07) is 3.94. The summed E-state index contributed by atoms with van der Waals surface area (Å²) in [4.78, 5) is 16.3. The number of aromatic hydroxyl groups is 1. The molecule has 0 aromatic heterocycles. The van der Waals surface area contributed by atoms with Crippen LogP contribution in [0.25, 0.3) is 0 Å². The van der Waals surface area contributed by atoms with Crippen molar-refractivity contribution in [3.8, 4) is 11.5 Å². The molecule has 0 amide bonds. The molecule has 1 aliphatic rings. The number of ether oxygens (including phenoxy) is 3. The fourth-order valence-corrected chi connectivity index (χ4v) is 2.23. The van der Waals surface area contributed by atoms with E-state index >= 15 is 0 Å². The lowest BCUT2D eigenvalue weighted by Gasteiger charge is -2.17. The summed E-state index contributed by atoms with van der Waals surface area (Å²) in [7, 11) is 1.47. The number of hydrogen-bond donors (Lipinski definition) is 2. The second kappa shape index (κ2) is 8.01. The van der Waals surface area contributed by atoms with E-state index in [1.54, 1.807) is 12.1 Å². The Morgan fingerprint density at radius 2 is 2.29 bits per heavy atom. The van der Waals surface area contributed by atoms with Crippen LogP contribution < -0.4 is 10.5 Å². The second-order valence-electron chi connectivity index (χ2n) is 5.83. The first-order chi connectivity index (χ1) is 11.5. The van der Waals surface area contributed by atoms with Crippen molar-refractivity contribution in [3.63, 3.8) is 0 Å². The molecule has 7 heteroatoms. The zero-order valence-electron chi connectivity index (χ0n) is 14.2. The Balaban J connectivity index is 1.95. The van der Waals surface area contributed by atoms with Crippen LogP contribution in [-0.2, 0) is 14.3 Å². The fourth-order valence-electron chi connectivity index (χ4n) is 2.23. The summed E-state index contributed by atoms with van der Waals surface area (Å²) in [5, 5.41) is 9.62. The lowest BCUT2D eigenvalue weighted by Crippen LogP contribution is -2.39.